The van der Waals surface area contributed by atoms with Gasteiger partial charge in [-0.15, -0.1) is 0 Å². The molecule has 0 unspecified atom stereocenters. The van der Waals surface area contributed by atoms with Crippen LogP contribution in [0.15, 0.2) is 45.6 Å². The Morgan fingerprint density at radius 2 is 1.97 bits per heavy atom. The summed E-state index contributed by atoms with van der Waals surface area (Å²) in [5.41, 5.74) is 0.225. The summed E-state index contributed by atoms with van der Waals surface area (Å²) in [4.78, 5) is 30.7. The molecule has 2 heterocycles. The lowest BCUT2D eigenvalue weighted by Crippen LogP contribution is -2.34. The van der Waals surface area contributed by atoms with Crippen molar-refractivity contribution in [1.82, 2.24) is 14.8 Å². The zero-order chi connectivity index (χ0) is 21.3. The fraction of sp³-hybridized carbons (Fsp3) is 0.111. The van der Waals surface area contributed by atoms with Gasteiger partial charge in [-0.05, 0) is 63.0 Å². The number of benzene rings is 1. The SMILES string of the molecule is CCN(C(=O)c1cc(Br)nn1-c1ncccc1Cl)c1c(Br)cc(Cl)cc1C(=O)O. The van der Waals surface area contributed by atoms with E-state index in [-0.39, 0.29) is 34.3 Å². The van der Waals surface area contributed by atoms with Crippen molar-refractivity contribution in [3.8, 4) is 5.82 Å². The van der Waals surface area contributed by atoms with Gasteiger partial charge >= 0.3 is 5.97 Å². The van der Waals surface area contributed by atoms with Crippen molar-refractivity contribution in [3.63, 3.8) is 0 Å². The highest BCUT2D eigenvalue weighted by atomic mass is 79.9. The monoisotopic (exact) mass is 560 g/mol. The van der Waals surface area contributed by atoms with Crippen LogP contribution in [0.1, 0.15) is 27.8 Å². The van der Waals surface area contributed by atoms with Crippen LogP contribution in [0.2, 0.25) is 10.0 Å². The minimum Gasteiger partial charge on any atom is -0.478 e. The Morgan fingerprint density at radius 3 is 2.59 bits per heavy atom. The number of pyridine rings is 1. The van der Waals surface area contributed by atoms with Crippen molar-refractivity contribution < 1.29 is 14.7 Å². The lowest BCUT2D eigenvalue weighted by atomic mass is 10.1. The molecule has 0 spiro atoms. The van der Waals surface area contributed by atoms with Gasteiger partial charge in [-0.3, -0.25) is 4.79 Å². The number of rotatable bonds is 5. The number of carboxylic acids is 1. The molecule has 150 valence electrons. The molecule has 1 aromatic carbocycles. The van der Waals surface area contributed by atoms with E-state index < -0.39 is 11.9 Å². The largest absolute Gasteiger partial charge is 0.478 e. The third kappa shape index (κ3) is 4.32. The first-order valence-corrected chi connectivity index (χ1v) is 10.5. The van der Waals surface area contributed by atoms with E-state index in [9.17, 15) is 14.7 Å². The van der Waals surface area contributed by atoms with Crippen molar-refractivity contribution >= 4 is 72.6 Å². The molecule has 0 aliphatic rings. The zero-order valence-electron chi connectivity index (χ0n) is 14.7. The Balaban J connectivity index is 2.17. The molecule has 3 rings (SSSR count). The predicted octanol–water partition coefficient (Wildman–Crippen LogP) is 5.46. The van der Waals surface area contributed by atoms with E-state index in [1.54, 1.807) is 19.1 Å². The summed E-state index contributed by atoms with van der Waals surface area (Å²) < 4.78 is 2.08. The fourth-order valence-corrected chi connectivity index (χ4v) is 4.35. The second-order valence-electron chi connectivity index (χ2n) is 5.71. The van der Waals surface area contributed by atoms with Crippen LogP contribution in [-0.4, -0.2) is 38.3 Å². The van der Waals surface area contributed by atoms with E-state index in [0.29, 0.717) is 14.1 Å². The van der Waals surface area contributed by atoms with E-state index in [4.69, 9.17) is 23.2 Å². The summed E-state index contributed by atoms with van der Waals surface area (Å²) in [6, 6.07) is 7.63. The molecule has 7 nitrogen and oxygen atoms in total. The summed E-state index contributed by atoms with van der Waals surface area (Å²) in [6.07, 6.45) is 1.53. The number of carboxylic acid groups (broad SMARTS) is 1. The van der Waals surface area contributed by atoms with Crippen LogP contribution in [0.5, 0.6) is 0 Å². The van der Waals surface area contributed by atoms with Crippen LogP contribution < -0.4 is 4.90 Å². The summed E-state index contributed by atoms with van der Waals surface area (Å²) >= 11 is 18.8. The fourth-order valence-electron chi connectivity index (χ4n) is 2.74. The number of aromatic nitrogens is 3. The van der Waals surface area contributed by atoms with Crippen LogP contribution in [0.3, 0.4) is 0 Å². The maximum Gasteiger partial charge on any atom is 0.337 e. The Bertz CT molecular complexity index is 1120. The molecule has 0 radical (unpaired) electrons. The minimum absolute atomic E-state index is 0.111. The Hall–Kier alpha value is -1.94. The maximum absolute atomic E-state index is 13.4. The van der Waals surface area contributed by atoms with Crippen molar-refractivity contribution in [1.29, 1.82) is 0 Å². The number of aromatic carboxylic acids is 1. The molecule has 0 saturated carbocycles. The molecule has 0 fully saturated rings. The topological polar surface area (TPSA) is 88.3 Å². The average Bonchev–Trinajstić information content (AvgIpc) is 3.05. The van der Waals surface area contributed by atoms with Crippen molar-refractivity contribution in [2.24, 2.45) is 0 Å². The molecule has 2 aromatic heterocycles. The van der Waals surface area contributed by atoms with Crippen molar-refractivity contribution in [3.05, 3.63) is 66.9 Å². The number of hydrogen-bond donors (Lipinski definition) is 1. The Kier molecular flexibility index (Phi) is 6.62. The molecule has 29 heavy (non-hydrogen) atoms. The number of amides is 1. The standard InChI is InChI=1S/C18H12Br2Cl2N4O3/c1-2-25(15-10(18(28)29)6-9(21)7-11(15)19)17(27)13-8-14(20)24-26(13)16-12(22)4-3-5-23-16/h3-8H,2H2,1H3,(H,28,29). The normalized spacial score (nSPS) is 10.8. The second kappa shape index (κ2) is 8.83. The Morgan fingerprint density at radius 1 is 1.24 bits per heavy atom. The second-order valence-corrected chi connectivity index (χ2v) is 8.22. The van der Waals surface area contributed by atoms with Crippen LogP contribution in [0, 0.1) is 0 Å². The first-order valence-electron chi connectivity index (χ1n) is 8.15. The van der Waals surface area contributed by atoms with Gasteiger partial charge in [0.05, 0.1) is 16.3 Å². The first-order chi connectivity index (χ1) is 13.7. The van der Waals surface area contributed by atoms with Crippen LogP contribution >= 0.6 is 55.1 Å². The molecular weight excluding hydrogens is 551 g/mol. The van der Waals surface area contributed by atoms with E-state index in [1.165, 1.54) is 34.0 Å². The summed E-state index contributed by atoms with van der Waals surface area (Å²) in [6.45, 7) is 1.92. The first kappa shape index (κ1) is 21.8. The van der Waals surface area contributed by atoms with Gasteiger partial charge in [0.1, 0.15) is 10.3 Å². The van der Waals surface area contributed by atoms with Gasteiger partial charge in [0.2, 0.25) is 0 Å². The quantitative estimate of drug-likeness (QED) is 0.446. The van der Waals surface area contributed by atoms with Gasteiger partial charge in [0, 0.05) is 28.3 Å². The number of hydrogen-bond acceptors (Lipinski definition) is 4. The number of nitrogens with zero attached hydrogens (tertiary/aromatic N) is 4. The van der Waals surface area contributed by atoms with Gasteiger partial charge in [-0.2, -0.15) is 5.10 Å². The minimum atomic E-state index is -1.21. The molecule has 3 aromatic rings. The summed E-state index contributed by atoms with van der Waals surface area (Å²) in [5, 5.41) is 14.4. The van der Waals surface area contributed by atoms with Gasteiger partial charge in [0.15, 0.2) is 5.82 Å². The molecule has 11 heteroatoms. The molecular formula is C18H12Br2Cl2N4O3. The molecule has 0 saturated heterocycles. The van der Waals surface area contributed by atoms with Gasteiger partial charge in [-0.1, -0.05) is 23.2 Å². The number of anilines is 1. The smallest absolute Gasteiger partial charge is 0.337 e. The third-order valence-corrected chi connectivity index (χ3v) is 5.43. The van der Waals surface area contributed by atoms with Gasteiger partial charge < -0.3 is 10.0 Å². The highest BCUT2D eigenvalue weighted by Crippen LogP contribution is 2.35. The van der Waals surface area contributed by atoms with Crippen molar-refractivity contribution in [2.45, 2.75) is 6.92 Å². The van der Waals surface area contributed by atoms with E-state index >= 15 is 0 Å². The summed E-state index contributed by atoms with van der Waals surface area (Å²) in [5.74, 6) is -1.43. The summed E-state index contributed by atoms with van der Waals surface area (Å²) in [7, 11) is 0. The maximum atomic E-state index is 13.4. The highest BCUT2D eigenvalue weighted by Gasteiger charge is 2.28. The number of carbonyl (C=O) groups excluding carboxylic acids is 1. The van der Waals surface area contributed by atoms with Crippen LogP contribution in [0.25, 0.3) is 5.82 Å². The number of halogens is 4. The molecule has 0 aliphatic heterocycles. The lowest BCUT2D eigenvalue weighted by molar-refractivity contribution is 0.0697. The van der Waals surface area contributed by atoms with Gasteiger partial charge in [-0.25, -0.2) is 14.5 Å². The predicted molar refractivity (Wildman–Crippen MR) is 118 cm³/mol. The lowest BCUT2D eigenvalue weighted by Gasteiger charge is -2.24. The van der Waals surface area contributed by atoms with Crippen LogP contribution in [-0.2, 0) is 0 Å². The molecule has 1 amide bonds. The Labute approximate surface area is 192 Å². The van der Waals surface area contributed by atoms with Gasteiger partial charge in [0.25, 0.3) is 5.91 Å². The van der Waals surface area contributed by atoms with Crippen molar-refractivity contribution in [2.75, 3.05) is 11.4 Å². The zero-order valence-corrected chi connectivity index (χ0v) is 19.4. The average molecular weight is 563 g/mol. The molecule has 0 bridgehead atoms. The highest BCUT2D eigenvalue weighted by molar-refractivity contribution is 9.10. The number of carbonyl (C=O) groups is 2. The molecule has 1 N–H and O–H groups in total. The van der Waals surface area contributed by atoms with E-state index in [2.05, 4.69) is 41.9 Å². The third-order valence-electron chi connectivity index (χ3n) is 3.93. The molecule has 0 aliphatic carbocycles. The van der Waals surface area contributed by atoms with E-state index in [1.807, 2.05) is 0 Å². The van der Waals surface area contributed by atoms with E-state index in [0.717, 1.165) is 0 Å². The molecule has 0 atom stereocenters. The van der Waals surface area contributed by atoms with Crippen LogP contribution in [0.4, 0.5) is 5.69 Å².